The van der Waals surface area contributed by atoms with Crippen molar-refractivity contribution in [3.63, 3.8) is 0 Å². The lowest BCUT2D eigenvalue weighted by atomic mass is 10.2. The van der Waals surface area contributed by atoms with Crippen molar-refractivity contribution in [1.82, 2.24) is 10.3 Å². The van der Waals surface area contributed by atoms with E-state index in [0.717, 1.165) is 11.1 Å². The Morgan fingerprint density at radius 2 is 2.30 bits per heavy atom. The highest BCUT2D eigenvalue weighted by molar-refractivity contribution is 7.16. The van der Waals surface area contributed by atoms with Gasteiger partial charge in [-0.15, -0.1) is 11.3 Å². The fraction of sp³-hybridized carbons (Fsp3) is 0.231. The van der Waals surface area contributed by atoms with E-state index < -0.39 is 5.82 Å². The van der Waals surface area contributed by atoms with Crippen LogP contribution in [-0.4, -0.2) is 17.4 Å². The van der Waals surface area contributed by atoms with E-state index in [4.69, 9.17) is 11.6 Å². The van der Waals surface area contributed by atoms with Crippen molar-refractivity contribution in [1.29, 1.82) is 0 Å². The molecule has 2 heterocycles. The molecule has 7 heteroatoms. The molecule has 0 atom stereocenters. The number of rotatable bonds is 5. The maximum atomic E-state index is 13.2. The lowest BCUT2D eigenvalue weighted by Crippen LogP contribution is -2.24. The van der Waals surface area contributed by atoms with E-state index in [1.165, 1.54) is 17.4 Å². The summed E-state index contributed by atoms with van der Waals surface area (Å²) in [6.45, 7) is 2.82. The highest BCUT2D eigenvalue weighted by Gasteiger charge is 2.13. The van der Waals surface area contributed by atoms with Crippen LogP contribution in [0.3, 0.4) is 0 Å². The van der Waals surface area contributed by atoms with E-state index in [1.54, 1.807) is 6.07 Å². The van der Waals surface area contributed by atoms with Crippen molar-refractivity contribution in [2.24, 2.45) is 0 Å². The summed E-state index contributed by atoms with van der Waals surface area (Å²) >= 11 is 7.20. The molecule has 20 heavy (non-hydrogen) atoms. The predicted octanol–water partition coefficient (Wildman–Crippen LogP) is 3.30. The first kappa shape index (κ1) is 14.7. The van der Waals surface area contributed by atoms with Crippen LogP contribution in [0.4, 0.5) is 10.2 Å². The average molecular weight is 314 g/mol. The van der Waals surface area contributed by atoms with Crippen LogP contribution in [0.25, 0.3) is 0 Å². The van der Waals surface area contributed by atoms with Crippen LogP contribution in [0, 0.1) is 5.82 Å². The second-order valence-corrected chi connectivity index (χ2v) is 5.77. The van der Waals surface area contributed by atoms with Gasteiger partial charge in [-0.1, -0.05) is 11.6 Å². The molecular weight excluding hydrogens is 301 g/mol. The van der Waals surface area contributed by atoms with Gasteiger partial charge in [0.2, 0.25) is 0 Å². The second-order valence-electron chi connectivity index (χ2n) is 3.97. The first-order chi connectivity index (χ1) is 9.60. The molecule has 4 nitrogen and oxygen atoms in total. The van der Waals surface area contributed by atoms with Crippen LogP contribution in [0.2, 0.25) is 4.34 Å². The number of halogens is 2. The van der Waals surface area contributed by atoms with Gasteiger partial charge < -0.3 is 10.6 Å². The zero-order valence-electron chi connectivity index (χ0n) is 10.7. The van der Waals surface area contributed by atoms with Crippen molar-refractivity contribution in [2.75, 3.05) is 11.9 Å². The number of carbonyl (C=O) groups is 1. The molecule has 0 radical (unpaired) electrons. The molecule has 1 amide bonds. The van der Waals surface area contributed by atoms with Gasteiger partial charge in [0, 0.05) is 11.4 Å². The van der Waals surface area contributed by atoms with E-state index >= 15 is 0 Å². The molecule has 2 N–H and O–H groups in total. The Balaban J connectivity index is 2.09. The molecule has 0 unspecified atom stereocenters. The van der Waals surface area contributed by atoms with Gasteiger partial charge in [0.1, 0.15) is 11.6 Å². The summed E-state index contributed by atoms with van der Waals surface area (Å²) in [5.41, 5.74) is 0.189. The largest absolute Gasteiger partial charge is 0.370 e. The Morgan fingerprint density at radius 1 is 1.50 bits per heavy atom. The van der Waals surface area contributed by atoms with Gasteiger partial charge >= 0.3 is 0 Å². The Bertz CT molecular complexity index is 617. The quantitative estimate of drug-likeness (QED) is 0.890. The number of carbonyl (C=O) groups excluding carboxylic acids is 1. The maximum Gasteiger partial charge on any atom is 0.255 e. The second kappa shape index (κ2) is 6.67. The highest BCUT2D eigenvalue weighted by atomic mass is 35.5. The molecule has 0 aliphatic carbocycles. The van der Waals surface area contributed by atoms with Crippen LogP contribution in [0.5, 0.6) is 0 Å². The third-order valence-corrected chi connectivity index (χ3v) is 3.73. The number of anilines is 1. The van der Waals surface area contributed by atoms with Crippen LogP contribution in [-0.2, 0) is 6.54 Å². The van der Waals surface area contributed by atoms with Crippen LogP contribution < -0.4 is 10.6 Å². The van der Waals surface area contributed by atoms with Crippen molar-refractivity contribution < 1.29 is 9.18 Å². The van der Waals surface area contributed by atoms with Gasteiger partial charge in [0.25, 0.3) is 5.91 Å². The first-order valence-electron chi connectivity index (χ1n) is 6.02. The van der Waals surface area contributed by atoms with Gasteiger partial charge in [0.15, 0.2) is 0 Å². The summed E-state index contributed by atoms with van der Waals surface area (Å²) in [5.74, 6) is -0.552. The van der Waals surface area contributed by atoms with E-state index in [-0.39, 0.29) is 11.5 Å². The molecule has 2 rings (SSSR count). The molecule has 2 aromatic rings. The minimum absolute atomic E-state index is 0.189. The van der Waals surface area contributed by atoms with Gasteiger partial charge in [-0.05, 0) is 25.1 Å². The average Bonchev–Trinajstić information content (AvgIpc) is 2.84. The Labute approximate surface area is 125 Å². The first-order valence-corrected chi connectivity index (χ1v) is 7.21. The van der Waals surface area contributed by atoms with E-state index in [2.05, 4.69) is 15.6 Å². The number of hydrogen-bond donors (Lipinski definition) is 2. The van der Waals surface area contributed by atoms with E-state index in [1.807, 2.05) is 13.0 Å². The fourth-order valence-corrected chi connectivity index (χ4v) is 2.66. The van der Waals surface area contributed by atoms with Gasteiger partial charge in [-0.2, -0.15) is 0 Å². The Kier molecular flexibility index (Phi) is 4.92. The standard InChI is InChI=1S/C13H13ClFN3OS/c1-2-16-12-10(5-8(15)6-17-12)13(19)18-7-9-3-4-11(14)20-9/h3-6H,2,7H2,1H3,(H,16,17)(H,18,19). The summed E-state index contributed by atoms with van der Waals surface area (Å²) < 4.78 is 13.9. The maximum absolute atomic E-state index is 13.2. The molecule has 0 aromatic carbocycles. The molecule has 106 valence electrons. The van der Waals surface area contributed by atoms with Gasteiger partial charge in [0.05, 0.1) is 22.6 Å². The van der Waals surface area contributed by atoms with Crippen molar-refractivity contribution in [3.8, 4) is 0 Å². The SMILES string of the molecule is CCNc1ncc(F)cc1C(=O)NCc1ccc(Cl)s1. The third-order valence-electron chi connectivity index (χ3n) is 2.50. The molecule has 0 saturated heterocycles. The molecule has 0 saturated carbocycles. The van der Waals surface area contributed by atoms with Crippen LogP contribution in [0.1, 0.15) is 22.2 Å². The molecule has 0 fully saturated rings. The summed E-state index contributed by atoms with van der Waals surface area (Å²) in [6.07, 6.45) is 1.08. The minimum atomic E-state index is -0.545. The topological polar surface area (TPSA) is 54.0 Å². The zero-order chi connectivity index (χ0) is 14.5. The molecule has 0 spiro atoms. The summed E-state index contributed by atoms with van der Waals surface area (Å²) in [5, 5.41) is 5.65. The number of thiophene rings is 1. The number of hydrogen-bond acceptors (Lipinski definition) is 4. The molecule has 0 aliphatic rings. The van der Waals surface area contributed by atoms with Gasteiger partial charge in [-0.3, -0.25) is 4.79 Å². The zero-order valence-corrected chi connectivity index (χ0v) is 12.3. The molecule has 0 bridgehead atoms. The lowest BCUT2D eigenvalue weighted by molar-refractivity contribution is 0.0951. The van der Waals surface area contributed by atoms with Gasteiger partial charge in [-0.25, -0.2) is 9.37 Å². The number of amides is 1. The van der Waals surface area contributed by atoms with Crippen LogP contribution >= 0.6 is 22.9 Å². The summed E-state index contributed by atoms with van der Waals surface area (Å²) in [4.78, 5) is 16.9. The van der Waals surface area contributed by atoms with Crippen LogP contribution in [0.15, 0.2) is 24.4 Å². The lowest BCUT2D eigenvalue weighted by Gasteiger charge is -2.09. The van der Waals surface area contributed by atoms with Crippen molar-refractivity contribution in [2.45, 2.75) is 13.5 Å². The Morgan fingerprint density at radius 3 is 2.95 bits per heavy atom. The monoisotopic (exact) mass is 313 g/mol. The fourth-order valence-electron chi connectivity index (χ4n) is 1.63. The molecule has 2 aromatic heterocycles. The molecule has 0 aliphatic heterocycles. The predicted molar refractivity (Wildman–Crippen MR) is 78.9 cm³/mol. The minimum Gasteiger partial charge on any atom is -0.370 e. The third kappa shape index (κ3) is 3.68. The molecular formula is C13H13ClFN3OS. The number of nitrogens with zero attached hydrogens (tertiary/aromatic N) is 1. The Hall–Kier alpha value is -1.66. The number of pyridine rings is 1. The smallest absolute Gasteiger partial charge is 0.255 e. The number of nitrogens with one attached hydrogen (secondary N) is 2. The normalized spacial score (nSPS) is 10.3. The van der Waals surface area contributed by atoms with Crippen molar-refractivity contribution >= 4 is 34.7 Å². The summed E-state index contributed by atoms with van der Waals surface area (Å²) in [7, 11) is 0. The summed E-state index contributed by atoms with van der Waals surface area (Å²) in [6, 6.07) is 4.77. The van der Waals surface area contributed by atoms with E-state index in [9.17, 15) is 9.18 Å². The van der Waals surface area contributed by atoms with Crippen molar-refractivity contribution in [3.05, 3.63) is 45.0 Å². The number of aromatic nitrogens is 1. The van der Waals surface area contributed by atoms with E-state index in [0.29, 0.717) is 23.2 Å². The highest BCUT2D eigenvalue weighted by Crippen LogP contribution is 2.21.